The molecule has 3 aromatic rings. The van der Waals surface area contributed by atoms with Gasteiger partial charge in [-0.2, -0.15) is 26.3 Å². The van der Waals surface area contributed by atoms with Gasteiger partial charge in [-0.25, -0.2) is 4.99 Å². The number of nitrogens with zero attached hydrogens (tertiary/aromatic N) is 3. The van der Waals surface area contributed by atoms with E-state index in [1.165, 1.54) is 36.5 Å². The molecule has 0 aliphatic carbocycles. The van der Waals surface area contributed by atoms with Crippen molar-refractivity contribution in [3.05, 3.63) is 65.6 Å². The van der Waals surface area contributed by atoms with Crippen molar-refractivity contribution in [2.45, 2.75) is 26.2 Å². The molecule has 11 heteroatoms. The van der Waals surface area contributed by atoms with Gasteiger partial charge in [0.25, 0.3) is 0 Å². The number of aliphatic imine (C=N–C) groups is 1. The number of pyridine rings is 2. The molecule has 0 fully saturated rings. The summed E-state index contributed by atoms with van der Waals surface area (Å²) < 4.78 is 77.9. The van der Waals surface area contributed by atoms with Crippen molar-refractivity contribution in [2.75, 3.05) is 5.32 Å². The van der Waals surface area contributed by atoms with E-state index in [1.807, 2.05) is 0 Å². The van der Waals surface area contributed by atoms with Gasteiger partial charge in [0.1, 0.15) is 0 Å². The summed E-state index contributed by atoms with van der Waals surface area (Å²) in [5, 5.41) is 3.15. The summed E-state index contributed by atoms with van der Waals surface area (Å²) in [6.45, 7) is 2.44. The maximum Gasteiger partial charge on any atom is 0.418 e. The Kier molecular flexibility index (Phi) is 6.11. The van der Waals surface area contributed by atoms with E-state index in [2.05, 4.69) is 20.3 Å². The molecule has 1 aromatic carbocycles. The Morgan fingerprint density at radius 1 is 1.06 bits per heavy atom. The molecule has 0 unspecified atom stereocenters. The molecule has 2 aromatic heterocycles. The third-order valence-corrected chi connectivity index (χ3v) is 4.46. The third kappa shape index (κ3) is 5.16. The average Bonchev–Trinajstić information content (AvgIpc) is 2.70. The molecule has 0 bridgehead atoms. The minimum atomic E-state index is -4.59. The van der Waals surface area contributed by atoms with Crippen LogP contribution in [-0.2, 0) is 6.18 Å². The normalized spacial score (nSPS) is 13.5. The molecule has 3 N–H and O–H groups in total. The van der Waals surface area contributed by atoms with Crippen LogP contribution >= 0.6 is 0 Å². The number of nitrogens with two attached hydrogens (primary N) is 1. The van der Waals surface area contributed by atoms with E-state index in [-0.39, 0.29) is 17.2 Å². The van der Waals surface area contributed by atoms with Crippen LogP contribution in [0, 0.1) is 6.92 Å². The quantitative estimate of drug-likeness (QED) is 0.298. The van der Waals surface area contributed by atoms with Crippen LogP contribution in [0.1, 0.15) is 18.2 Å². The predicted octanol–water partition coefficient (Wildman–Crippen LogP) is 5.82. The zero-order chi connectivity index (χ0) is 23.7. The first-order chi connectivity index (χ1) is 14.9. The van der Waals surface area contributed by atoms with Crippen LogP contribution < -0.4 is 11.1 Å². The average molecular weight is 453 g/mol. The summed E-state index contributed by atoms with van der Waals surface area (Å²) in [4.78, 5) is 11.8. The Morgan fingerprint density at radius 2 is 1.78 bits per heavy atom. The molecule has 5 nitrogen and oxygen atoms in total. The summed E-state index contributed by atoms with van der Waals surface area (Å²) in [5.41, 5.74) is 4.96. The van der Waals surface area contributed by atoms with Crippen molar-refractivity contribution in [3.8, 4) is 11.3 Å². The van der Waals surface area contributed by atoms with Gasteiger partial charge in [-0.05, 0) is 38.1 Å². The standard InChI is InChI=1S/C21H17F6N5/c1-11(20(22,23)24)10-30-19(28)32-16-7-8-29-17-9-13(4-5-14(16)17)18-15(21(25,26)27)6-3-12(2)31-18/h3-10H,1-2H3,(H3,28,29,30,32)/b11-10+. The van der Waals surface area contributed by atoms with Gasteiger partial charge < -0.3 is 11.1 Å². The number of benzene rings is 1. The first kappa shape index (κ1) is 23.0. The highest BCUT2D eigenvalue weighted by atomic mass is 19.4. The van der Waals surface area contributed by atoms with Gasteiger partial charge in [-0.1, -0.05) is 12.1 Å². The van der Waals surface area contributed by atoms with Gasteiger partial charge in [0.05, 0.1) is 22.5 Å². The number of fused-ring (bicyclic) bond motifs is 1. The number of hydrogen-bond donors (Lipinski definition) is 2. The lowest BCUT2D eigenvalue weighted by atomic mass is 10.0. The number of alkyl halides is 6. The van der Waals surface area contributed by atoms with E-state index < -0.39 is 23.5 Å². The molecule has 0 aliphatic rings. The zero-order valence-corrected chi connectivity index (χ0v) is 16.8. The minimum absolute atomic E-state index is 0.212. The van der Waals surface area contributed by atoms with Crippen molar-refractivity contribution in [1.29, 1.82) is 0 Å². The fourth-order valence-electron chi connectivity index (χ4n) is 2.82. The Bertz CT molecular complexity index is 1210. The molecule has 0 atom stereocenters. The SMILES string of the molecule is C/C(=C\N=C(N)Nc1ccnc2cc(-c3nc(C)ccc3C(F)(F)F)ccc12)C(F)(F)F. The highest BCUT2D eigenvalue weighted by molar-refractivity contribution is 6.02. The first-order valence-corrected chi connectivity index (χ1v) is 9.14. The number of nitrogens with one attached hydrogen (secondary N) is 1. The highest BCUT2D eigenvalue weighted by Crippen LogP contribution is 2.37. The van der Waals surface area contributed by atoms with Gasteiger partial charge in [0.2, 0.25) is 0 Å². The minimum Gasteiger partial charge on any atom is -0.369 e. The molecule has 0 saturated heterocycles. The van der Waals surface area contributed by atoms with Crippen LogP contribution in [0.2, 0.25) is 0 Å². The van der Waals surface area contributed by atoms with Crippen molar-refractivity contribution < 1.29 is 26.3 Å². The molecular weight excluding hydrogens is 436 g/mol. The van der Waals surface area contributed by atoms with Crippen LogP contribution in [0.15, 0.2) is 59.4 Å². The summed E-state index contributed by atoms with van der Waals surface area (Å²) >= 11 is 0. The van der Waals surface area contributed by atoms with Crippen LogP contribution in [-0.4, -0.2) is 22.1 Å². The maximum atomic E-state index is 13.4. The fourth-order valence-corrected chi connectivity index (χ4v) is 2.82. The second-order valence-corrected chi connectivity index (χ2v) is 6.89. The number of anilines is 1. The van der Waals surface area contributed by atoms with Gasteiger partial charge in [-0.3, -0.25) is 9.97 Å². The van der Waals surface area contributed by atoms with Crippen molar-refractivity contribution in [2.24, 2.45) is 10.7 Å². The topological polar surface area (TPSA) is 76.2 Å². The molecule has 0 radical (unpaired) electrons. The lowest BCUT2D eigenvalue weighted by molar-refractivity contribution is -0.137. The van der Waals surface area contributed by atoms with Gasteiger partial charge >= 0.3 is 12.4 Å². The summed E-state index contributed by atoms with van der Waals surface area (Å²) in [7, 11) is 0. The molecule has 0 amide bonds. The Labute approximate surface area is 178 Å². The van der Waals surface area contributed by atoms with Crippen LogP contribution in [0.3, 0.4) is 0 Å². The Balaban J connectivity index is 2.00. The number of aryl methyl sites for hydroxylation is 1. The van der Waals surface area contributed by atoms with Gasteiger partial charge in [0.15, 0.2) is 5.96 Å². The number of allylic oxidation sites excluding steroid dienone is 1. The van der Waals surface area contributed by atoms with E-state index in [0.717, 1.165) is 13.0 Å². The fraction of sp³-hybridized carbons (Fsp3) is 0.190. The first-order valence-electron chi connectivity index (χ1n) is 9.14. The number of hydrogen-bond acceptors (Lipinski definition) is 3. The largest absolute Gasteiger partial charge is 0.418 e. The lowest BCUT2D eigenvalue weighted by Gasteiger charge is -2.14. The Hall–Kier alpha value is -3.63. The van der Waals surface area contributed by atoms with Gasteiger partial charge in [-0.15, -0.1) is 0 Å². The smallest absolute Gasteiger partial charge is 0.369 e. The van der Waals surface area contributed by atoms with Crippen LogP contribution in [0.25, 0.3) is 22.2 Å². The second-order valence-electron chi connectivity index (χ2n) is 6.89. The number of aromatic nitrogens is 2. The Morgan fingerprint density at radius 3 is 2.44 bits per heavy atom. The van der Waals surface area contributed by atoms with E-state index in [1.54, 1.807) is 6.92 Å². The number of rotatable bonds is 3. The molecule has 32 heavy (non-hydrogen) atoms. The molecular formula is C21H17F6N5. The van der Waals surface area contributed by atoms with Crippen molar-refractivity contribution >= 4 is 22.5 Å². The predicted molar refractivity (Wildman–Crippen MR) is 110 cm³/mol. The monoisotopic (exact) mass is 453 g/mol. The molecule has 3 rings (SSSR count). The maximum absolute atomic E-state index is 13.4. The van der Waals surface area contributed by atoms with E-state index in [4.69, 9.17) is 5.73 Å². The van der Waals surface area contributed by atoms with Crippen LogP contribution in [0.4, 0.5) is 32.0 Å². The molecule has 168 valence electrons. The summed E-state index contributed by atoms with van der Waals surface area (Å²) in [5.74, 6) is -0.301. The lowest BCUT2D eigenvalue weighted by Crippen LogP contribution is -2.22. The van der Waals surface area contributed by atoms with Crippen molar-refractivity contribution in [3.63, 3.8) is 0 Å². The van der Waals surface area contributed by atoms with Gasteiger partial charge in [0, 0.05) is 34.6 Å². The van der Waals surface area contributed by atoms with Crippen LogP contribution in [0.5, 0.6) is 0 Å². The molecule has 0 spiro atoms. The summed E-state index contributed by atoms with van der Waals surface area (Å²) in [6.07, 6.45) is -7.14. The molecule has 0 saturated carbocycles. The molecule has 2 heterocycles. The van der Waals surface area contributed by atoms with E-state index >= 15 is 0 Å². The second kappa shape index (κ2) is 8.48. The van der Waals surface area contributed by atoms with E-state index in [0.29, 0.717) is 28.5 Å². The zero-order valence-electron chi connectivity index (χ0n) is 16.8. The number of guanidine groups is 1. The van der Waals surface area contributed by atoms with Crippen molar-refractivity contribution in [1.82, 2.24) is 9.97 Å². The highest BCUT2D eigenvalue weighted by Gasteiger charge is 2.34. The third-order valence-electron chi connectivity index (χ3n) is 4.46. The molecule has 0 aliphatic heterocycles. The summed E-state index contributed by atoms with van der Waals surface area (Å²) in [6, 6.07) is 8.18. The van der Waals surface area contributed by atoms with E-state index in [9.17, 15) is 26.3 Å². The number of halogens is 6.